The molecule has 3 aromatic rings. The first kappa shape index (κ1) is 20.1. The monoisotopic (exact) mass is 405 g/mol. The van der Waals surface area contributed by atoms with Crippen LogP contribution in [0.2, 0.25) is 0 Å². The maximum absolute atomic E-state index is 12.3. The van der Waals surface area contributed by atoms with E-state index in [4.69, 9.17) is 10.5 Å². The lowest BCUT2D eigenvalue weighted by Gasteiger charge is -2.13. The fourth-order valence-electron chi connectivity index (χ4n) is 2.69. The maximum Gasteiger partial charge on any atom is 0.143 e. The van der Waals surface area contributed by atoms with Gasteiger partial charge in [-0.1, -0.05) is 30.0 Å². The van der Waals surface area contributed by atoms with Gasteiger partial charge in [-0.25, -0.2) is 9.37 Å². The summed E-state index contributed by atoms with van der Waals surface area (Å²) in [7, 11) is 0. The molecule has 0 amide bonds. The molecule has 3 rings (SSSR count). The molecule has 0 bridgehead atoms. The van der Waals surface area contributed by atoms with Crippen molar-refractivity contribution >= 4 is 17.6 Å². The number of benzene rings is 1. The summed E-state index contributed by atoms with van der Waals surface area (Å²) in [6.45, 7) is -0.626. The van der Waals surface area contributed by atoms with E-state index in [9.17, 15) is 14.9 Å². The summed E-state index contributed by atoms with van der Waals surface area (Å²) in [6, 6.07) is 16.5. The minimum Gasteiger partial charge on any atom is -0.491 e. The highest BCUT2D eigenvalue weighted by molar-refractivity contribution is 7.98. The third-order valence-corrected chi connectivity index (χ3v) is 5.00. The van der Waals surface area contributed by atoms with Crippen molar-refractivity contribution in [1.29, 1.82) is 10.5 Å². The lowest BCUT2D eigenvalue weighted by Crippen LogP contribution is -2.04. The van der Waals surface area contributed by atoms with Crippen molar-refractivity contribution in [2.45, 2.75) is 10.8 Å². The van der Waals surface area contributed by atoms with Gasteiger partial charge in [0.15, 0.2) is 0 Å². The summed E-state index contributed by atoms with van der Waals surface area (Å²) in [5, 5.41) is 19.8. The molecular weight excluding hydrogens is 389 g/mol. The van der Waals surface area contributed by atoms with E-state index in [0.29, 0.717) is 27.7 Å². The maximum atomic E-state index is 12.3. The van der Waals surface area contributed by atoms with Crippen LogP contribution in [0.25, 0.3) is 11.1 Å². The number of ether oxygens (including phenoxy) is 1. The second-order valence-electron chi connectivity index (χ2n) is 5.82. The number of nitriles is 2. The molecule has 0 saturated carbocycles. The number of nitrogens with zero attached hydrogens (tertiary/aromatic N) is 4. The number of pyridine rings is 2. The first-order valence-corrected chi connectivity index (χ1v) is 9.62. The number of nitrogens with two attached hydrogens (primary N) is 1. The van der Waals surface area contributed by atoms with Crippen LogP contribution in [0, 0.1) is 22.7 Å². The lowest BCUT2D eigenvalue weighted by molar-refractivity contribution is 0.273. The van der Waals surface area contributed by atoms with E-state index in [1.54, 1.807) is 30.5 Å². The average Bonchev–Trinajstić information content (AvgIpc) is 2.76. The summed E-state index contributed by atoms with van der Waals surface area (Å²) in [6.07, 6.45) is 1.69. The molecule has 29 heavy (non-hydrogen) atoms. The minimum absolute atomic E-state index is 0.0389. The molecule has 2 aromatic heterocycles. The van der Waals surface area contributed by atoms with Gasteiger partial charge in [0.1, 0.15) is 47.6 Å². The molecule has 0 radical (unpaired) electrons. The van der Waals surface area contributed by atoms with Crippen molar-refractivity contribution < 1.29 is 9.13 Å². The molecule has 0 aliphatic carbocycles. The number of hydrogen-bond donors (Lipinski definition) is 1. The fourth-order valence-corrected chi connectivity index (χ4v) is 3.60. The van der Waals surface area contributed by atoms with Gasteiger partial charge in [-0.15, -0.1) is 0 Å². The highest BCUT2D eigenvalue weighted by atomic mass is 32.2. The van der Waals surface area contributed by atoms with Gasteiger partial charge in [0, 0.05) is 17.5 Å². The Morgan fingerprint density at radius 2 is 1.83 bits per heavy atom. The quantitative estimate of drug-likeness (QED) is 0.589. The van der Waals surface area contributed by atoms with E-state index in [2.05, 4.69) is 16.0 Å². The van der Waals surface area contributed by atoms with E-state index in [1.165, 1.54) is 11.8 Å². The van der Waals surface area contributed by atoms with Gasteiger partial charge < -0.3 is 10.5 Å². The Labute approximate surface area is 171 Å². The minimum atomic E-state index is -0.587. The van der Waals surface area contributed by atoms with Crippen LogP contribution in [0.1, 0.15) is 16.8 Å². The van der Waals surface area contributed by atoms with E-state index < -0.39 is 6.67 Å². The van der Waals surface area contributed by atoms with Crippen LogP contribution in [0.5, 0.6) is 5.75 Å². The van der Waals surface area contributed by atoms with E-state index in [0.717, 1.165) is 5.69 Å². The highest BCUT2D eigenvalue weighted by Gasteiger charge is 2.20. The second-order valence-corrected chi connectivity index (χ2v) is 6.79. The van der Waals surface area contributed by atoms with E-state index >= 15 is 0 Å². The van der Waals surface area contributed by atoms with Crippen molar-refractivity contribution in [2.24, 2.45) is 0 Å². The summed E-state index contributed by atoms with van der Waals surface area (Å²) in [5.41, 5.74) is 8.31. The van der Waals surface area contributed by atoms with Gasteiger partial charge in [0.05, 0.1) is 11.3 Å². The largest absolute Gasteiger partial charge is 0.491 e. The summed E-state index contributed by atoms with van der Waals surface area (Å²) >= 11 is 1.33. The number of halogens is 1. The Balaban J connectivity index is 2.02. The Kier molecular flexibility index (Phi) is 6.62. The number of alkyl halides is 1. The average molecular weight is 405 g/mol. The molecule has 2 N–H and O–H groups in total. The fraction of sp³-hybridized carbons (Fsp3) is 0.143. The van der Waals surface area contributed by atoms with Crippen LogP contribution in [-0.4, -0.2) is 23.2 Å². The lowest BCUT2D eigenvalue weighted by atomic mass is 9.97. The number of nitrogen functional groups attached to an aromatic ring is 1. The molecule has 144 valence electrons. The molecule has 2 heterocycles. The van der Waals surface area contributed by atoms with Crippen LogP contribution in [0.3, 0.4) is 0 Å². The van der Waals surface area contributed by atoms with Crippen LogP contribution in [0.4, 0.5) is 10.2 Å². The third kappa shape index (κ3) is 4.63. The molecule has 0 atom stereocenters. The van der Waals surface area contributed by atoms with Gasteiger partial charge in [-0.3, -0.25) is 4.98 Å². The number of hydrogen-bond acceptors (Lipinski definition) is 7. The number of anilines is 1. The molecule has 0 unspecified atom stereocenters. The van der Waals surface area contributed by atoms with Gasteiger partial charge in [0.25, 0.3) is 0 Å². The molecule has 1 aromatic carbocycles. The molecule has 6 nitrogen and oxygen atoms in total. The van der Waals surface area contributed by atoms with E-state index in [1.807, 2.05) is 24.3 Å². The molecule has 0 fully saturated rings. The van der Waals surface area contributed by atoms with E-state index in [-0.39, 0.29) is 23.6 Å². The Morgan fingerprint density at radius 3 is 2.45 bits per heavy atom. The summed E-state index contributed by atoms with van der Waals surface area (Å²) < 4.78 is 17.5. The van der Waals surface area contributed by atoms with Crippen molar-refractivity contribution in [1.82, 2.24) is 9.97 Å². The molecule has 0 aliphatic heterocycles. The molecule has 0 saturated heterocycles. The van der Waals surface area contributed by atoms with Crippen molar-refractivity contribution in [3.63, 3.8) is 0 Å². The predicted octanol–water partition coefficient (Wildman–Crippen LogP) is 4.11. The van der Waals surface area contributed by atoms with Crippen LogP contribution in [-0.2, 0) is 5.75 Å². The smallest absolute Gasteiger partial charge is 0.143 e. The Hall–Kier alpha value is -3.62. The predicted molar refractivity (Wildman–Crippen MR) is 109 cm³/mol. The van der Waals surface area contributed by atoms with Crippen LogP contribution >= 0.6 is 11.8 Å². The van der Waals surface area contributed by atoms with Gasteiger partial charge in [0.2, 0.25) is 0 Å². The molecule has 0 spiro atoms. The Bertz CT molecular complexity index is 1080. The third-order valence-electron chi connectivity index (χ3n) is 3.99. The Morgan fingerprint density at radius 1 is 1.07 bits per heavy atom. The van der Waals surface area contributed by atoms with Gasteiger partial charge in [-0.2, -0.15) is 10.5 Å². The molecule has 0 aliphatic rings. The molecular formula is C21H16FN5OS. The normalized spacial score (nSPS) is 10.2. The zero-order valence-corrected chi connectivity index (χ0v) is 16.1. The van der Waals surface area contributed by atoms with Crippen LogP contribution in [0.15, 0.2) is 53.7 Å². The van der Waals surface area contributed by atoms with Crippen molar-refractivity contribution in [3.05, 3.63) is 65.5 Å². The van der Waals surface area contributed by atoms with Gasteiger partial charge >= 0.3 is 0 Å². The number of thioether (sulfide) groups is 1. The summed E-state index contributed by atoms with van der Waals surface area (Å²) in [5.74, 6) is 1.06. The zero-order valence-electron chi connectivity index (χ0n) is 15.3. The second kappa shape index (κ2) is 9.54. The number of aromatic nitrogens is 2. The molecule has 8 heteroatoms. The SMILES string of the molecule is N#Cc1c(N)nc(SCc2ccccn2)c(C#N)c1-c1ccc(OCCF)cc1. The number of rotatable bonds is 7. The van der Waals surface area contributed by atoms with Gasteiger partial charge in [-0.05, 0) is 29.8 Å². The van der Waals surface area contributed by atoms with Crippen molar-refractivity contribution in [2.75, 3.05) is 19.0 Å². The standard InChI is InChI=1S/C21H16FN5OS/c22-8-10-28-16-6-4-14(5-7-16)19-17(11-23)20(25)27-21(18(19)12-24)29-13-15-3-1-2-9-26-15/h1-7,9H,8,10,13H2,(H2,25,27). The first-order valence-electron chi connectivity index (χ1n) is 8.63. The first-order chi connectivity index (χ1) is 14.2. The van der Waals surface area contributed by atoms with Crippen LogP contribution < -0.4 is 10.5 Å². The topological polar surface area (TPSA) is 109 Å². The highest BCUT2D eigenvalue weighted by Crippen LogP contribution is 2.36. The summed E-state index contributed by atoms with van der Waals surface area (Å²) in [4.78, 5) is 8.54. The van der Waals surface area contributed by atoms with Crippen molar-refractivity contribution in [3.8, 4) is 29.0 Å². The zero-order chi connectivity index (χ0) is 20.6.